The fourth-order valence-corrected chi connectivity index (χ4v) is 2.79. The third-order valence-corrected chi connectivity index (χ3v) is 4.05. The summed E-state index contributed by atoms with van der Waals surface area (Å²) < 4.78 is 1.41. The first-order valence-corrected chi connectivity index (χ1v) is 7.48. The molecular formula is C14H16N4OS. The summed E-state index contributed by atoms with van der Waals surface area (Å²) in [7, 11) is 0. The van der Waals surface area contributed by atoms with Gasteiger partial charge in [0.1, 0.15) is 0 Å². The lowest BCUT2D eigenvalue weighted by atomic mass is 10.3. The lowest BCUT2D eigenvalue weighted by molar-refractivity contribution is 0.236. The SMILES string of the molecule is O=C(N[C@@H]1CCNC1)n1nccc1/C=C/c1cccs1. The van der Waals surface area contributed by atoms with Crippen molar-refractivity contribution in [1.82, 2.24) is 20.4 Å². The second-order valence-electron chi connectivity index (χ2n) is 4.66. The Morgan fingerprint density at radius 3 is 3.20 bits per heavy atom. The first kappa shape index (κ1) is 13.1. The van der Waals surface area contributed by atoms with Gasteiger partial charge in [-0.05, 0) is 42.6 Å². The van der Waals surface area contributed by atoms with E-state index in [2.05, 4.69) is 15.7 Å². The van der Waals surface area contributed by atoms with E-state index < -0.39 is 0 Å². The predicted molar refractivity (Wildman–Crippen MR) is 80.7 cm³/mol. The van der Waals surface area contributed by atoms with E-state index in [-0.39, 0.29) is 12.1 Å². The van der Waals surface area contributed by atoms with Crippen LogP contribution in [0.5, 0.6) is 0 Å². The molecule has 0 unspecified atom stereocenters. The quantitative estimate of drug-likeness (QED) is 0.908. The Morgan fingerprint density at radius 2 is 2.45 bits per heavy atom. The van der Waals surface area contributed by atoms with Crippen molar-refractivity contribution >= 4 is 29.5 Å². The van der Waals surface area contributed by atoms with Crippen LogP contribution in [-0.4, -0.2) is 34.9 Å². The van der Waals surface area contributed by atoms with E-state index in [4.69, 9.17) is 0 Å². The van der Waals surface area contributed by atoms with Crippen LogP contribution in [0, 0.1) is 0 Å². The minimum absolute atomic E-state index is 0.172. The number of aromatic nitrogens is 2. The van der Waals surface area contributed by atoms with Gasteiger partial charge in [0, 0.05) is 17.5 Å². The molecule has 1 fully saturated rings. The fourth-order valence-electron chi connectivity index (χ4n) is 2.18. The highest BCUT2D eigenvalue weighted by molar-refractivity contribution is 7.10. The van der Waals surface area contributed by atoms with Crippen molar-refractivity contribution in [2.24, 2.45) is 0 Å². The molecule has 1 aliphatic heterocycles. The smallest absolute Gasteiger partial charge is 0.332 e. The van der Waals surface area contributed by atoms with Gasteiger partial charge in [0.05, 0.1) is 11.9 Å². The normalized spacial score (nSPS) is 18.7. The molecule has 1 amide bonds. The highest BCUT2D eigenvalue weighted by Gasteiger charge is 2.18. The molecule has 6 heteroatoms. The van der Waals surface area contributed by atoms with E-state index in [1.54, 1.807) is 17.5 Å². The predicted octanol–water partition coefficient (Wildman–Crippen LogP) is 2.03. The zero-order valence-electron chi connectivity index (χ0n) is 11.0. The molecule has 0 spiro atoms. The summed E-state index contributed by atoms with van der Waals surface area (Å²) in [6, 6.07) is 5.89. The van der Waals surface area contributed by atoms with Crippen molar-refractivity contribution < 1.29 is 4.79 Å². The summed E-state index contributed by atoms with van der Waals surface area (Å²) in [4.78, 5) is 13.3. The zero-order chi connectivity index (χ0) is 13.8. The maximum Gasteiger partial charge on any atom is 0.342 e. The molecule has 1 atom stereocenters. The van der Waals surface area contributed by atoms with Gasteiger partial charge in [-0.2, -0.15) is 9.78 Å². The van der Waals surface area contributed by atoms with E-state index in [1.807, 2.05) is 35.7 Å². The molecule has 104 valence electrons. The van der Waals surface area contributed by atoms with Gasteiger partial charge in [-0.1, -0.05) is 6.07 Å². The number of hydrogen-bond donors (Lipinski definition) is 2. The number of thiophene rings is 1. The largest absolute Gasteiger partial charge is 0.342 e. The highest BCUT2D eigenvalue weighted by atomic mass is 32.1. The lowest BCUT2D eigenvalue weighted by Gasteiger charge is -2.11. The van der Waals surface area contributed by atoms with E-state index >= 15 is 0 Å². The molecule has 20 heavy (non-hydrogen) atoms. The molecule has 0 aliphatic carbocycles. The number of nitrogens with zero attached hydrogens (tertiary/aromatic N) is 2. The molecule has 2 N–H and O–H groups in total. The Balaban J connectivity index is 1.70. The van der Waals surface area contributed by atoms with Crippen LogP contribution in [0.25, 0.3) is 12.2 Å². The third kappa shape index (κ3) is 2.97. The molecular weight excluding hydrogens is 272 g/mol. The number of carbonyl (C=O) groups is 1. The topological polar surface area (TPSA) is 59.0 Å². The van der Waals surface area contributed by atoms with E-state index in [9.17, 15) is 4.79 Å². The minimum atomic E-state index is -0.172. The summed E-state index contributed by atoms with van der Waals surface area (Å²) in [5.41, 5.74) is 0.779. The van der Waals surface area contributed by atoms with Gasteiger partial charge in [-0.15, -0.1) is 11.3 Å². The Bertz CT molecular complexity index is 596. The molecule has 0 radical (unpaired) electrons. The number of nitrogens with one attached hydrogen (secondary N) is 2. The van der Waals surface area contributed by atoms with E-state index in [1.165, 1.54) is 4.68 Å². The summed E-state index contributed by atoms with van der Waals surface area (Å²) in [6.07, 6.45) is 6.50. The van der Waals surface area contributed by atoms with Crippen LogP contribution in [0.1, 0.15) is 17.0 Å². The fraction of sp³-hybridized carbons (Fsp3) is 0.286. The standard InChI is InChI=1S/C14H16N4OS/c19-14(17-11-5-7-15-10-11)18-12(6-8-16-18)3-4-13-2-1-9-20-13/h1-4,6,8-9,11,15H,5,7,10H2,(H,17,19)/b4-3+/t11-/m1/s1. The van der Waals surface area contributed by atoms with Gasteiger partial charge in [0.15, 0.2) is 0 Å². The summed E-state index contributed by atoms with van der Waals surface area (Å²) in [5.74, 6) is 0. The van der Waals surface area contributed by atoms with Gasteiger partial charge < -0.3 is 10.6 Å². The van der Waals surface area contributed by atoms with Crippen molar-refractivity contribution in [3.05, 3.63) is 40.3 Å². The molecule has 1 saturated heterocycles. The van der Waals surface area contributed by atoms with Crippen LogP contribution >= 0.6 is 11.3 Å². The molecule has 3 rings (SSSR count). The zero-order valence-corrected chi connectivity index (χ0v) is 11.8. The van der Waals surface area contributed by atoms with Gasteiger partial charge in [0.2, 0.25) is 0 Å². The van der Waals surface area contributed by atoms with E-state index in [0.29, 0.717) is 0 Å². The molecule has 0 bridgehead atoms. The van der Waals surface area contributed by atoms with Gasteiger partial charge in [-0.3, -0.25) is 0 Å². The molecule has 2 aromatic heterocycles. The van der Waals surface area contributed by atoms with Crippen LogP contribution in [-0.2, 0) is 0 Å². The number of amides is 1. The maximum atomic E-state index is 12.2. The van der Waals surface area contributed by atoms with Gasteiger partial charge in [-0.25, -0.2) is 4.79 Å². The number of hydrogen-bond acceptors (Lipinski definition) is 4. The second-order valence-corrected chi connectivity index (χ2v) is 5.64. The maximum absolute atomic E-state index is 12.2. The molecule has 1 aliphatic rings. The van der Waals surface area contributed by atoms with Crippen molar-refractivity contribution in [3.63, 3.8) is 0 Å². The Hall–Kier alpha value is -1.92. The number of carbonyl (C=O) groups excluding carboxylic acids is 1. The van der Waals surface area contributed by atoms with Crippen molar-refractivity contribution in [2.75, 3.05) is 13.1 Å². The lowest BCUT2D eigenvalue weighted by Crippen LogP contribution is -2.39. The first-order chi connectivity index (χ1) is 9.83. The van der Waals surface area contributed by atoms with E-state index in [0.717, 1.165) is 30.1 Å². The molecule has 3 heterocycles. The van der Waals surface area contributed by atoms with Crippen molar-refractivity contribution in [2.45, 2.75) is 12.5 Å². The van der Waals surface area contributed by atoms with Crippen LogP contribution in [0.2, 0.25) is 0 Å². The summed E-state index contributed by atoms with van der Waals surface area (Å²) >= 11 is 1.66. The Kier molecular flexibility index (Phi) is 3.94. The molecule has 0 saturated carbocycles. The Morgan fingerprint density at radius 1 is 1.50 bits per heavy atom. The summed E-state index contributed by atoms with van der Waals surface area (Å²) in [5, 5.41) is 12.3. The highest BCUT2D eigenvalue weighted by Crippen LogP contribution is 2.13. The Labute approximate surface area is 121 Å². The van der Waals surface area contributed by atoms with Crippen LogP contribution in [0.3, 0.4) is 0 Å². The average Bonchev–Trinajstić information content (AvgIpc) is 3.18. The van der Waals surface area contributed by atoms with Crippen molar-refractivity contribution in [3.8, 4) is 0 Å². The third-order valence-electron chi connectivity index (χ3n) is 3.21. The number of rotatable bonds is 3. The second kappa shape index (κ2) is 6.02. The minimum Gasteiger partial charge on any atom is -0.332 e. The van der Waals surface area contributed by atoms with Crippen LogP contribution in [0.4, 0.5) is 4.79 Å². The van der Waals surface area contributed by atoms with Crippen molar-refractivity contribution in [1.29, 1.82) is 0 Å². The van der Waals surface area contributed by atoms with Gasteiger partial charge >= 0.3 is 6.03 Å². The molecule has 2 aromatic rings. The average molecular weight is 288 g/mol. The van der Waals surface area contributed by atoms with Gasteiger partial charge in [0.25, 0.3) is 0 Å². The first-order valence-electron chi connectivity index (χ1n) is 6.60. The summed E-state index contributed by atoms with van der Waals surface area (Å²) in [6.45, 7) is 1.78. The monoisotopic (exact) mass is 288 g/mol. The van der Waals surface area contributed by atoms with Crippen LogP contribution in [0.15, 0.2) is 29.8 Å². The van der Waals surface area contributed by atoms with Crippen LogP contribution < -0.4 is 10.6 Å². The molecule has 5 nitrogen and oxygen atoms in total. The molecule has 0 aromatic carbocycles.